The van der Waals surface area contributed by atoms with Crippen LogP contribution in [0.15, 0.2) is 48.5 Å². The monoisotopic (exact) mass is 467 g/mol. The summed E-state index contributed by atoms with van der Waals surface area (Å²) in [5.74, 6) is 2.29. The fraction of sp³-hybridized carbons (Fsp3) is 0.552. The van der Waals surface area contributed by atoms with Crippen molar-refractivity contribution in [2.24, 2.45) is 5.92 Å². The van der Waals surface area contributed by atoms with Gasteiger partial charge < -0.3 is 19.1 Å². The first-order chi connectivity index (χ1) is 16.2. The molecule has 1 saturated heterocycles. The molecule has 5 heteroatoms. The van der Waals surface area contributed by atoms with Crippen molar-refractivity contribution in [1.82, 2.24) is 4.90 Å². The molecule has 1 fully saturated rings. The molecular formula is C29H41NO4. The van der Waals surface area contributed by atoms with Gasteiger partial charge in [0.15, 0.2) is 0 Å². The average Bonchev–Trinajstić information content (AvgIpc) is 2.82. The third-order valence-electron chi connectivity index (χ3n) is 6.90. The second-order valence-electron chi connectivity index (χ2n) is 10.1. The summed E-state index contributed by atoms with van der Waals surface area (Å²) >= 11 is 0. The van der Waals surface area contributed by atoms with Crippen molar-refractivity contribution >= 4 is 5.91 Å². The molecule has 0 N–H and O–H groups in total. The van der Waals surface area contributed by atoms with Crippen molar-refractivity contribution < 1.29 is 19.0 Å². The zero-order chi connectivity index (χ0) is 24.7. The van der Waals surface area contributed by atoms with Crippen LogP contribution in [0.2, 0.25) is 0 Å². The summed E-state index contributed by atoms with van der Waals surface area (Å²) in [6.07, 6.45) is 3.05. The number of carbonyl (C=O) groups excluding carboxylic acids is 1. The molecule has 0 bridgehead atoms. The molecule has 1 aliphatic rings. The van der Waals surface area contributed by atoms with Gasteiger partial charge in [0.25, 0.3) is 0 Å². The number of carbonyl (C=O) groups is 1. The van der Waals surface area contributed by atoms with E-state index >= 15 is 0 Å². The summed E-state index contributed by atoms with van der Waals surface area (Å²) in [7, 11) is 1.74. The Morgan fingerprint density at radius 1 is 1.12 bits per heavy atom. The lowest BCUT2D eigenvalue weighted by molar-refractivity contribution is -0.130. The maximum atomic E-state index is 12.6. The van der Waals surface area contributed by atoms with Crippen molar-refractivity contribution in [3.05, 3.63) is 59.7 Å². The molecule has 2 aromatic carbocycles. The van der Waals surface area contributed by atoms with E-state index in [2.05, 4.69) is 26.0 Å². The third-order valence-corrected chi connectivity index (χ3v) is 6.90. The zero-order valence-corrected chi connectivity index (χ0v) is 21.7. The Morgan fingerprint density at radius 3 is 2.44 bits per heavy atom. The Kier molecular flexibility index (Phi) is 9.01. The molecule has 0 spiro atoms. The van der Waals surface area contributed by atoms with Crippen LogP contribution in [0, 0.1) is 5.92 Å². The number of ether oxygens (including phenoxy) is 3. The van der Waals surface area contributed by atoms with E-state index in [-0.39, 0.29) is 23.5 Å². The van der Waals surface area contributed by atoms with Crippen LogP contribution in [-0.2, 0) is 21.5 Å². The molecule has 34 heavy (non-hydrogen) atoms. The lowest BCUT2D eigenvalue weighted by Crippen LogP contribution is -2.43. The fourth-order valence-corrected chi connectivity index (χ4v) is 4.93. The van der Waals surface area contributed by atoms with Crippen LogP contribution < -0.4 is 9.47 Å². The number of amides is 1. The maximum absolute atomic E-state index is 12.6. The van der Waals surface area contributed by atoms with E-state index in [1.54, 1.807) is 14.0 Å². The predicted molar refractivity (Wildman–Crippen MR) is 136 cm³/mol. The lowest BCUT2D eigenvalue weighted by atomic mass is 9.68. The molecule has 2 aromatic rings. The number of para-hydroxylation sites is 1. The highest BCUT2D eigenvalue weighted by Crippen LogP contribution is 2.45. The second kappa shape index (κ2) is 11.7. The molecule has 0 saturated carbocycles. The predicted octanol–water partition coefficient (Wildman–Crippen LogP) is 5.99. The van der Waals surface area contributed by atoms with Crippen LogP contribution in [0.3, 0.4) is 0 Å². The van der Waals surface area contributed by atoms with E-state index in [1.165, 1.54) is 5.56 Å². The van der Waals surface area contributed by atoms with Crippen molar-refractivity contribution in [3.63, 3.8) is 0 Å². The lowest BCUT2D eigenvalue weighted by Gasteiger charge is -2.44. The van der Waals surface area contributed by atoms with E-state index < -0.39 is 0 Å². The molecule has 0 aliphatic carbocycles. The Hall–Kier alpha value is -2.53. The van der Waals surface area contributed by atoms with Gasteiger partial charge >= 0.3 is 0 Å². The second-order valence-corrected chi connectivity index (χ2v) is 10.1. The Labute approximate surface area is 205 Å². The van der Waals surface area contributed by atoms with Gasteiger partial charge in [-0.05, 0) is 62.8 Å². The van der Waals surface area contributed by atoms with Gasteiger partial charge in [0.1, 0.15) is 11.5 Å². The summed E-state index contributed by atoms with van der Waals surface area (Å²) in [5.41, 5.74) is 2.23. The number of hydrogen-bond donors (Lipinski definition) is 0. The van der Waals surface area contributed by atoms with Gasteiger partial charge in [-0.2, -0.15) is 0 Å². The number of methoxy groups -OCH3 is 1. The van der Waals surface area contributed by atoms with E-state index in [0.717, 1.165) is 42.9 Å². The van der Waals surface area contributed by atoms with Gasteiger partial charge in [0.05, 0.1) is 19.3 Å². The Balaban J connectivity index is 1.81. The number of nitrogens with zero attached hydrogens (tertiary/aromatic N) is 1. The topological polar surface area (TPSA) is 48.0 Å². The zero-order valence-electron chi connectivity index (χ0n) is 21.7. The van der Waals surface area contributed by atoms with Crippen molar-refractivity contribution in [1.29, 1.82) is 0 Å². The largest absolute Gasteiger partial charge is 0.496 e. The van der Waals surface area contributed by atoms with Gasteiger partial charge in [0.2, 0.25) is 5.91 Å². The summed E-state index contributed by atoms with van der Waals surface area (Å²) in [6.45, 7) is 12.1. The van der Waals surface area contributed by atoms with Crippen LogP contribution in [-0.4, -0.2) is 43.3 Å². The molecular weight excluding hydrogens is 426 g/mol. The molecule has 1 aliphatic heterocycles. The molecule has 2 unspecified atom stereocenters. The van der Waals surface area contributed by atoms with Crippen LogP contribution in [0.25, 0.3) is 0 Å². The highest BCUT2D eigenvalue weighted by atomic mass is 16.5. The molecule has 1 heterocycles. The quantitative estimate of drug-likeness (QED) is 0.430. The standard InChI is InChI=1S/C29H41NO4/c1-21(2)28-19-29(16-18-33-28,26-9-7-8-10-27(26)32-6)15-17-30(23(5)31)20-24-11-13-25(14-12-24)34-22(3)4/h7-14,21-22,28H,15-20H2,1-6H3. The maximum Gasteiger partial charge on any atom is 0.219 e. The minimum Gasteiger partial charge on any atom is -0.496 e. The molecule has 5 nitrogen and oxygen atoms in total. The smallest absolute Gasteiger partial charge is 0.219 e. The van der Waals surface area contributed by atoms with Crippen LogP contribution in [0.4, 0.5) is 0 Å². The first-order valence-electron chi connectivity index (χ1n) is 12.5. The minimum absolute atomic E-state index is 0.0881. The van der Waals surface area contributed by atoms with Gasteiger partial charge in [-0.15, -0.1) is 0 Å². The number of hydrogen-bond acceptors (Lipinski definition) is 4. The van der Waals surface area contributed by atoms with Crippen molar-refractivity contribution in [2.75, 3.05) is 20.3 Å². The summed E-state index contributed by atoms with van der Waals surface area (Å²) in [6, 6.07) is 16.4. The van der Waals surface area contributed by atoms with Gasteiger partial charge in [0, 0.05) is 37.6 Å². The summed E-state index contributed by atoms with van der Waals surface area (Å²) in [5, 5.41) is 0. The molecule has 0 radical (unpaired) electrons. The molecule has 0 aromatic heterocycles. The summed E-state index contributed by atoms with van der Waals surface area (Å²) in [4.78, 5) is 14.6. The summed E-state index contributed by atoms with van der Waals surface area (Å²) < 4.78 is 17.7. The minimum atomic E-state index is -0.0948. The first-order valence-corrected chi connectivity index (χ1v) is 12.5. The number of rotatable bonds is 10. The number of benzene rings is 2. The van der Waals surface area contributed by atoms with E-state index in [0.29, 0.717) is 19.0 Å². The van der Waals surface area contributed by atoms with Gasteiger partial charge in [-0.3, -0.25) is 4.79 Å². The van der Waals surface area contributed by atoms with E-state index in [1.807, 2.05) is 55.1 Å². The third kappa shape index (κ3) is 6.53. The van der Waals surface area contributed by atoms with Gasteiger partial charge in [-0.25, -0.2) is 0 Å². The average molecular weight is 468 g/mol. The van der Waals surface area contributed by atoms with Crippen LogP contribution in [0.1, 0.15) is 65.0 Å². The highest BCUT2D eigenvalue weighted by Gasteiger charge is 2.41. The molecule has 3 rings (SSSR count). The Morgan fingerprint density at radius 2 is 1.82 bits per heavy atom. The SMILES string of the molecule is COc1ccccc1C1(CCN(Cc2ccc(OC(C)C)cc2)C(C)=O)CCOC(C(C)C)C1. The molecule has 2 atom stereocenters. The fourth-order valence-electron chi connectivity index (χ4n) is 4.93. The van der Waals surface area contributed by atoms with E-state index in [9.17, 15) is 4.79 Å². The van der Waals surface area contributed by atoms with Crippen LogP contribution >= 0.6 is 0 Å². The Bertz CT molecular complexity index is 924. The van der Waals surface area contributed by atoms with Crippen molar-refractivity contribution in [2.45, 2.75) is 78.0 Å². The normalized spacial score (nSPS) is 20.4. The molecule has 186 valence electrons. The van der Waals surface area contributed by atoms with Crippen LogP contribution in [0.5, 0.6) is 11.5 Å². The van der Waals surface area contributed by atoms with Crippen molar-refractivity contribution in [3.8, 4) is 11.5 Å². The van der Waals surface area contributed by atoms with E-state index in [4.69, 9.17) is 14.2 Å². The van der Waals surface area contributed by atoms with Gasteiger partial charge in [-0.1, -0.05) is 44.2 Å². The highest BCUT2D eigenvalue weighted by molar-refractivity contribution is 5.73. The first kappa shape index (κ1) is 26.1. The molecule has 1 amide bonds.